The minimum atomic E-state index is -3.67. The lowest BCUT2D eigenvalue weighted by Gasteiger charge is -2.19. The Bertz CT molecular complexity index is 712. The van der Waals surface area contributed by atoms with E-state index in [2.05, 4.69) is 40.7 Å². The Balaban J connectivity index is 2.23. The van der Waals surface area contributed by atoms with E-state index in [1.807, 2.05) is 19.1 Å². The first kappa shape index (κ1) is 15.5. The molecular weight excluding hydrogens is 288 g/mol. The van der Waals surface area contributed by atoms with Crippen molar-refractivity contribution in [2.45, 2.75) is 44.4 Å². The Morgan fingerprint density at radius 3 is 2.29 bits per heavy atom. The van der Waals surface area contributed by atoms with Crippen LogP contribution in [0.25, 0.3) is 0 Å². The Hall–Kier alpha value is -1.89. The predicted octanol–water partition coefficient (Wildman–Crippen LogP) is 2.47. The van der Waals surface area contributed by atoms with Gasteiger partial charge in [-0.25, -0.2) is 13.1 Å². The second kappa shape index (κ2) is 5.48. The number of hydrogen-bond donors (Lipinski definition) is 2. The monoisotopic (exact) mass is 308 g/mol. The van der Waals surface area contributed by atoms with E-state index < -0.39 is 10.0 Å². The number of aryl methyl sites for hydroxylation is 1. The van der Waals surface area contributed by atoms with Gasteiger partial charge in [-0.2, -0.15) is 4.98 Å². The van der Waals surface area contributed by atoms with Crippen molar-refractivity contribution >= 4 is 16.0 Å². The minimum Gasteiger partial charge on any atom is -0.261 e. The highest BCUT2D eigenvalue weighted by atomic mass is 32.2. The summed E-state index contributed by atoms with van der Waals surface area (Å²) in [6.07, 6.45) is 0.662. The molecule has 0 aliphatic heterocycles. The molecule has 2 N–H and O–H groups in total. The molecule has 0 fully saturated rings. The zero-order chi connectivity index (χ0) is 15.7. The maximum atomic E-state index is 12.3. The van der Waals surface area contributed by atoms with Crippen molar-refractivity contribution in [3.05, 3.63) is 35.7 Å². The van der Waals surface area contributed by atoms with Crippen molar-refractivity contribution < 1.29 is 8.42 Å². The summed E-state index contributed by atoms with van der Waals surface area (Å²) in [6, 6.07) is 6.83. The lowest BCUT2D eigenvalue weighted by Crippen LogP contribution is -2.15. The number of benzene rings is 1. The number of nitrogens with zero attached hydrogens (tertiary/aromatic N) is 2. The highest BCUT2D eigenvalue weighted by Crippen LogP contribution is 2.23. The van der Waals surface area contributed by atoms with Crippen LogP contribution in [0.4, 0.5) is 5.95 Å². The van der Waals surface area contributed by atoms with Gasteiger partial charge in [0.2, 0.25) is 0 Å². The topological polar surface area (TPSA) is 87.7 Å². The second-order valence-electron chi connectivity index (χ2n) is 5.84. The number of nitrogens with one attached hydrogen (secondary N) is 2. The summed E-state index contributed by atoms with van der Waals surface area (Å²) in [5.41, 5.74) is 1.06. The summed E-state index contributed by atoms with van der Waals surface area (Å²) >= 11 is 0. The normalized spacial score (nSPS) is 12.4. The van der Waals surface area contributed by atoms with Gasteiger partial charge < -0.3 is 0 Å². The number of sulfonamides is 1. The fourth-order valence-electron chi connectivity index (χ4n) is 1.81. The molecule has 0 unspecified atom stereocenters. The van der Waals surface area contributed by atoms with Gasteiger partial charge >= 0.3 is 0 Å². The van der Waals surface area contributed by atoms with E-state index in [9.17, 15) is 8.42 Å². The maximum absolute atomic E-state index is 12.3. The summed E-state index contributed by atoms with van der Waals surface area (Å²) < 4.78 is 26.9. The van der Waals surface area contributed by atoms with Crippen LogP contribution in [0.15, 0.2) is 29.2 Å². The Morgan fingerprint density at radius 2 is 1.81 bits per heavy atom. The van der Waals surface area contributed by atoms with Gasteiger partial charge in [0.15, 0.2) is 0 Å². The van der Waals surface area contributed by atoms with Gasteiger partial charge in [0.1, 0.15) is 5.82 Å². The summed E-state index contributed by atoms with van der Waals surface area (Å²) in [6.45, 7) is 8.14. The van der Waals surface area contributed by atoms with E-state index in [4.69, 9.17) is 0 Å². The van der Waals surface area contributed by atoms with Gasteiger partial charge in [-0.1, -0.05) is 39.8 Å². The lowest BCUT2D eigenvalue weighted by molar-refractivity contribution is 0.587. The summed E-state index contributed by atoms with van der Waals surface area (Å²) in [4.78, 5) is 4.23. The highest BCUT2D eigenvalue weighted by molar-refractivity contribution is 7.92. The molecule has 0 spiro atoms. The Labute approximate surface area is 125 Å². The summed E-state index contributed by atoms with van der Waals surface area (Å²) in [7, 11) is -3.67. The molecule has 1 heterocycles. The van der Waals surface area contributed by atoms with Crippen LogP contribution in [0.1, 0.15) is 39.1 Å². The van der Waals surface area contributed by atoms with Crippen molar-refractivity contribution in [2.24, 2.45) is 0 Å². The van der Waals surface area contributed by atoms with Gasteiger partial charge in [-0.3, -0.25) is 5.10 Å². The van der Waals surface area contributed by atoms with E-state index in [-0.39, 0.29) is 16.3 Å². The fraction of sp³-hybridized carbons (Fsp3) is 0.429. The molecule has 0 saturated carbocycles. The number of H-pyrrole nitrogens is 1. The SMILES string of the molecule is CCc1nc(NS(=O)(=O)c2ccc(C(C)(C)C)cc2)n[nH]1. The number of hydrogen-bond acceptors (Lipinski definition) is 4. The number of rotatable bonds is 4. The van der Waals surface area contributed by atoms with E-state index in [0.717, 1.165) is 5.56 Å². The largest absolute Gasteiger partial charge is 0.264 e. The van der Waals surface area contributed by atoms with Crippen molar-refractivity contribution in [3.8, 4) is 0 Å². The average molecular weight is 308 g/mol. The average Bonchev–Trinajstić information content (AvgIpc) is 2.85. The molecular formula is C14H20N4O2S. The highest BCUT2D eigenvalue weighted by Gasteiger charge is 2.19. The third-order valence-electron chi connectivity index (χ3n) is 3.12. The van der Waals surface area contributed by atoms with E-state index in [1.165, 1.54) is 0 Å². The van der Waals surface area contributed by atoms with Gasteiger partial charge in [0, 0.05) is 6.42 Å². The van der Waals surface area contributed by atoms with Crippen molar-refractivity contribution in [3.63, 3.8) is 0 Å². The van der Waals surface area contributed by atoms with Gasteiger partial charge in [-0.05, 0) is 23.1 Å². The third-order valence-corrected chi connectivity index (χ3v) is 4.47. The van der Waals surface area contributed by atoms with Crippen LogP contribution in [0.3, 0.4) is 0 Å². The quantitative estimate of drug-likeness (QED) is 0.908. The number of aromatic nitrogens is 3. The van der Waals surface area contributed by atoms with E-state index in [0.29, 0.717) is 12.2 Å². The lowest BCUT2D eigenvalue weighted by atomic mass is 9.87. The summed E-state index contributed by atoms with van der Waals surface area (Å²) in [5, 5.41) is 6.50. The third kappa shape index (κ3) is 3.60. The minimum absolute atomic E-state index is 0.0184. The van der Waals surface area contributed by atoms with Crippen LogP contribution in [0, 0.1) is 0 Å². The molecule has 0 saturated heterocycles. The molecule has 0 radical (unpaired) electrons. The smallest absolute Gasteiger partial charge is 0.261 e. The molecule has 1 aromatic heterocycles. The first-order valence-corrected chi connectivity index (χ1v) is 8.25. The molecule has 0 aliphatic rings. The molecule has 0 aliphatic carbocycles. The van der Waals surface area contributed by atoms with Crippen LogP contribution in [0.2, 0.25) is 0 Å². The molecule has 1 aromatic carbocycles. The zero-order valence-electron chi connectivity index (χ0n) is 12.6. The maximum Gasteiger partial charge on any atom is 0.264 e. The van der Waals surface area contributed by atoms with Crippen LogP contribution < -0.4 is 4.72 Å². The van der Waals surface area contributed by atoms with Crippen LogP contribution in [-0.2, 0) is 21.9 Å². The number of aromatic amines is 1. The molecule has 21 heavy (non-hydrogen) atoms. The van der Waals surface area contributed by atoms with Crippen LogP contribution >= 0.6 is 0 Å². The molecule has 6 nitrogen and oxygen atoms in total. The molecule has 7 heteroatoms. The van der Waals surface area contributed by atoms with E-state index in [1.54, 1.807) is 12.1 Å². The molecule has 114 valence electrons. The summed E-state index contributed by atoms with van der Waals surface area (Å²) in [5.74, 6) is 0.697. The van der Waals surface area contributed by atoms with Crippen molar-refractivity contribution in [1.29, 1.82) is 0 Å². The first-order valence-electron chi connectivity index (χ1n) is 6.77. The van der Waals surface area contributed by atoms with Crippen molar-refractivity contribution in [1.82, 2.24) is 15.2 Å². The Morgan fingerprint density at radius 1 is 1.19 bits per heavy atom. The standard InChI is InChI=1S/C14H20N4O2S/c1-5-12-15-13(17-16-12)18-21(19,20)11-8-6-10(7-9-11)14(2,3)4/h6-9H,5H2,1-4H3,(H2,15,16,17,18). The fourth-order valence-corrected chi connectivity index (χ4v) is 2.76. The van der Waals surface area contributed by atoms with Gasteiger partial charge in [0.25, 0.3) is 16.0 Å². The molecule has 0 amide bonds. The van der Waals surface area contributed by atoms with Gasteiger partial charge in [-0.15, -0.1) is 5.10 Å². The molecule has 0 bridgehead atoms. The Kier molecular flexibility index (Phi) is 4.04. The predicted molar refractivity (Wildman–Crippen MR) is 81.7 cm³/mol. The van der Waals surface area contributed by atoms with Crippen molar-refractivity contribution in [2.75, 3.05) is 4.72 Å². The zero-order valence-corrected chi connectivity index (χ0v) is 13.5. The molecule has 2 aromatic rings. The van der Waals surface area contributed by atoms with Crippen LogP contribution in [0.5, 0.6) is 0 Å². The molecule has 0 atom stereocenters. The molecule has 2 rings (SSSR count). The van der Waals surface area contributed by atoms with Gasteiger partial charge in [0.05, 0.1) is 4.90 Å². The number of anilines is 1. The van der Waals surface area contributed by atoms with Crippen LogP contribution in [-0.4, -0.2) is 23.6 Å². The first-order chi connectivity index (χ1) is 9.72. The van der Waals surface area contributed by atoms with E-state index >= 15 is 0 Å². The second-order valence-corrected chi connectivity index (χ2v) is 7.52.